The molecule has 0 fully saturated rings. The Hall–Kier alpha value is -2.62. The summed E-state index contributed by atoms with van der Waals surface area (Å²) in [5, 5.41) is 18.1. The predicted octanol–water partition coefficient (Wildman–Crippen LogP) is 2.09. The highest BCUT2D eigenvalue weighted by atomic mass is 32.2. The minimum Gasteiger partial charge on any atom is -0.491 e. The van der Waals surface area contributed by atoms with Crippen LogP contribution in [0.4, 0.5) is 5.69 Å². The molecule has 2 aromatic rings. The molecule has 1 unspecified atom stereocenters. The van der Waals surface area contributed by atoms with E-state index in [-0.39, 0.29) is 28.5 Å². The van der Waals surface area contributed by atoms with Gasteiger partial charge in [-0.3, -0.25) is 4.72 Å². The summed E-state index contributed by atoms with van der Waals surface area (Å²) in [4.78, 5) is 12.3. The highest BCUT2D eigenvalue weighted by molar-refractivity contribution is 7.92. The molecule has 0 radical (unpaired) electrons. The van der Waals surface area contributed by atoms with Crippen molar-refractivity contribution in [3.63, 3.8) is 0 Å². The molecule has 0 heterocycles. The molecular formula is C20H25NO7S. The van der Waals surface area contributed by atoms with E-state index in [1.54, 1.807) is 12.1 Å². The van der Waals surface area contributed by atoms with E-state index in [2.05, 4.69) is 4.72 Å². The fourth-order valence-electron chi connectivity index (χ4n) is 2.30. The van der Waals surface area contributed by atoms with Crippen LogP contribution in [0.2, 0.25) is 0 Å². The Morgan fingerprint density at radius 3 is 2.48 bits per heavy atom. The van der Waals surface area contributed by atoms with E-state index in [4.69, 9.17) is 14.6 Å². The molecule has 0 aliphatic carbocycles. The van der Waals surface area contributed by atoms with Crippen LogP contribution in [0.15, 0.2) is 47.4 Å². The van der Waals surface area contributed by atoms with E-state index in [9.17, 15) is 18.3 Å². The molecule has 0 amide bonds. The van der Waals surface area contributed by atoms with Crippen molar-refractivity contribution < 1.29 is 32.9 Å². The van der Waals surface area contributed by atoms with Gasteiger partial charge in [0.1, 0.15) is 18.5 Å². The second kappa shape index (κ2) is 10.2. The smallest absolute Gasteiger partial charge is 0.338 e. The summed E-state index contributed by atoms with van der Waals surface area (Å²) in [6.45, 7) is 3.20. The predicted molar refractivity (Wildman–Crippen MR) is 108 cm³/mol. The van der Waals surface area contributed by atoms with Crippen LogP contribution in [-0.2, 0) is 14.8 Å². The van der Waals surface area contributed by atoms with Crippen molar-refractivity contribution in [1.82, 2.24) is 0 Å². The number of nitrogens with one attached hydrogen (secondary N) is 1. The van der Waals surface area contributed by atoms with Crippen LogP contribution in [0.3, 0.4) is 0 Å². The lowest BCUT2D eigenvalue weighted by Gasteiger charge is -2.15. The van der Waals surface area contributed by atoms with E-state index in [0.29, 0.717) is 13.0 Å². The lowest BCUT2D eigenvalue weighted by molar-refractivity contribution is 0.00933. The van der Waals surface area contributed by atoms with Gasteiger partial charge < -0.3 is 19.7 Å². The number of benzene rings is 2. The Morgan fingerprint density at radius 1 is 1.17 bits per heavy atom. The molecule has 0 bridgehead atoms. The fourth-order valence-corrected chi connectivity index (χ4v) is 3.36. The van der Waals surface area contributed by atoms with Crippen LogP contribution in [0, 0.1) is 6.92 Å². The minimum atomic E-state index is -3.90. The van der Waals surface area contributed by atoms with Gasteiger partial charge in [0.15, 0.2) is 0 Å². The van der Waals surface area contributed by atoms with E-state index < -0.39 is 28.7 Å². The number of carbonyl (C=O) groups is 1. The fraction of sp³-hybridized carbons (Fsp3) is 0.350. The first-order chi connectivity index (χ1) is 13.8. The zero-order valence-corrected chi connectivity index (χ0v) is 17.1. The lowest BCUT2D eigenvalue weighted by atomic mass is 10.2. The highest BCUT2D eigenvalue weighted by Gasteiger charge is 2.19. The number of hydrogen-bond acceptors (Lipinski definition) is 7. The van der Waals surface area contributed by atoms with Crippen molar-refractivity contribution in [2.24, 2.45) is 0 Å². The molecular weight excluding hydrogens is 398 g/mol. The molecule has 1 atom stereocenters. The molecule has 0 spiro atoms. The first kappa shape index (κ1) is 22.7. The summed E-state index contributed by atoms with van der Waals surface area (Å²) >= 11 is 0. The molecule has 0 aromatic heterocycles. The second-order valence-electron chi connectivity index (χ2n) is 6.41. The summed E-state index contributed by atoms with van der Waals surface area (Å²) in [5.41, 5.74) is 1.09. The van der Waals surface area contributed by atoms with Gasteiger partial charge in [-0.05, 0) is 43.7 Å². The third-order valence-corrected chi connectivity index (χ3v) is 5.25. The van der Waals surface area contributed by atoms with Crippen LogP contribution in [0.25, 0.3) is 0 Å². The van der Waals surface area contributed by atoms with Gasteiger partial charge in [0.25, 0.3) is 10.0 Å². The molecule has 0 aliphatic rings. The Balaban J connectivity index is 2.31. The zero-order valence-electron chi connectivity index (χ0n) is 16.3. The van der Waals surface area contributed by atoms with Crippen molar-refractivity contribution in [3.05, 3.63) is 53.6 Å². The van der Waals surface area contributed by atoms with Crippen molar-refractivity contribution in [1.29, 1.82) is 0 Å². The number of aliphatic hydroxyl groups is 2. The Labute approximate surface area is 170 Å². The highest BCUT2D eigenvalue weighted by Crippen LogP contribution is 2.29. The van der Waals surface area contributed by atoms with Gasteiger partial charge in [-0.2, -0.15) is 0 Å². The molecule has 9 heteroatoms. The van der Waals surface area contributed by atoms with Crippen molar-refractivity contribution in [3.8, 4) is 5.75 Å². The Kier molecular flexibility index (Phi) is 8.00. The van der Waals surface area contributed by atoms with Gasteiger partial charge in [-0.25, -0.2) is 13.2 Å². The van der Waals surface area contributed by atoms with E-state index in [1.165, 1.54) is 30.3 Å². The van der Waals surface area contributed by atoms with Gasteiger partial charge >= 0.3 is 5.97 Å². The first-order valence-electron chi connectivity index (χ1n) is 9.09. The van der Waals surface area contributed by atoms with E-state index in [0.717, 1.165) is 5.56 Å². The zero-order chi connectivity index (χ0) is 21.4. The maximum Gasteiger partial charge on any atom is 0.338 e. The number of sulfonamides is 1. The molecule has 2 rings (SSSR count). The molecule has 158 valence electrons. The Morgan fingerprint density at radius 2 is 1.86 bits per heavy atom. The van der Waals surface area contributed by atoms with Crippen LogP contribution in [0.5, 0.6) is 5.75 Å². The number of ether oxygens (including phenoxy) is 2. The average Bonchev–Trinajstić information content (AvgIpc) is 2.70. The number of aliphatic hydroxyl groups excluding tert-OH is 2. The van der Waals surface area contributed by atoms with Crippen LogP contribution < -0.4 is 9.46 Å². The number of anilines is 1. The molecule has 0 saturated carbocycles. The first-order valence-corrected chi connectivity index (χ1v) is 10.6. The molecule has 2 aromatic carbocycles. The van der Waals surface area contributed by atoms with Crippen molar-refractivity contribution >= 4 is 21.7 Å². The van der Waals surface area contributed by atoms with Gasteiger partial charge in [0.05, 0.1) is 29.4 Å². The third-order valence-electron chi connectivity index (χ3n) is 3.87. The van der Waals surface area contributed by atoms with Gasteiger partial charge in [-0.15, -0.1) is 0 Å². The second-order valence-corrected chi connectivity index (χ2v) is 8.10. The van der Waals surface area contributed by atoms with Gasteiger partial charge in [0.2, 0.25) is 0 Å². The maximum absolute atomic E-state index is 12.7. The number of rotatable bonds is 10. The van der Waals surface area contributed by atoms with Crippen molar-refractivity contribution in [2.45, 2.75) is 31.3 Å². The van der Waals surface area contributed by atoms with E-state index >= 15 is 0 Å². The average molecular weight is 423 g/mol. The standard InChI is InChI=1S/C20H25NO7S/c1-3-10-27-19-9-6-15(20(24)28-13-16(23)12-22)11-18(19)21-29(25,26)17-7-4-14(2)5-8-17/h4-9,11,16,21-23H,3,10,12-13H2,1-2H3. The van der Waals surface area contributed by atoms with Gasteiger partial charge in [-0.1, -0.05) is 24.6 Å². The van der Waals surface area contributed by atoms with Crippen LogP contribution in [0.1, 0.15) is 29.3 Å². The van der Waals surface area contributed by atoms with Crippen molar-refractivity contribution in [2.75, 3.05) is 24.5 Å². The molecule has 0 aliphatic heterocycles. The third kappa shape index (κ3) is 6.45. The topological polar surface area (TPSA) is 122 Å². The summed E-state index contributed by atoms with van der Waals surface area (Å²) in [5.74, 6) is -0.496. The monoisotopic (exact) mass is 423 g/mol. The van der Waals surface area contributed by atoms with E-state index in [1.807, 2.05) is 13.8 Å². The van der Waals surface area contributed by atoms with Crippen LogP contribution >= 0.6 is 0 Å². The summed E-state index contributed by atoms with van der Waals surface area (Å²) in [6.07, 6.45) is -0.474. The number of aryl methyl sites for hydroxylation is 1. The maximum atomic E-state index is 12.7. The number of hydrogen-bond donors (Lipinski definition) is 3. The minimum absolute atomic E-state index is 0.0700. The SMILES string of the molecule is CCCOc1ccc(C(=O)OCC(O)CO)cc1NS(=O)(=O)c1ccc(C)cc1. The molecule has 0 saturated heterocycles. The lowest BCUT2D eigenvalue weighted by Crippen LogP contribution is -2.22. The number of esters is 1. The summed E-state index contributed by atoms with van der Waals surface area (Å²) in [7, 11) is -3.90. The summed E-state index contributed by atoms with van der Waals surface area (Å²) < 4.78 is 38.4. The molecule has 8 nitrogen and oxygen atoms in total. The largest absolute Gasteiger partial charge is 0.491 e. The molecule has 3 N–H and O–H groups in total. The quantitative estimate of drug-likeness (QED) is 0.500. The normalized spacial score (nSPS) is 12.3. The Bertz CT molecular complexity index is 926. The number of carbonyl (C=O) groups excluding carboxylic acids is 1. The molecule has 29 heavy (non-hydrogen) atoms. The van der Waals surface area contributed by atoms with Crippen LogP contribution in [-0.4, -0.2) is 50.5 Å². The van der Waals surface area contributed by atoms with Gasteiger partial charge in [0, 0.05) is 0 Å². The summed E-state index contributed by atoms with van der Waals surface area (Å²) in [6, 6.07) is 10.6.